The summed E-state index contributed by atoms with van der Waals surface area (Å²) in [5.41, 5.74) is 8.32. The van der Waals surface area contributed by atoms with E-state index in [0.29, 0.717) is 12.4 Å². The Balaban J connectivity index is 1.96. The molecule has 0 heterocycles. The molecule has 3 N–H and O–H groups in total. The molecule has 2 aromatic rings. The second-order valence-corrected chi connectivity index (χ2v) is 4.33. The number of ether oxygens (including phenoxy) is 1. The minimum Gasteiger partial charge on any atom is -0.508 e. The third-order valence-electron chi connectivity index (χ3n) is 2.74. The molecule has 2 rings (SSSR count). The van der Waals surface area contributed by atoms with Crippen molar-refractivity contribution < 1.29 is 9.84 Å². The molecule has 0 saturated heterocycles. The minimum atomic E-state index is -0.154. The SMILES string of the molecule is Cc1cccc(C(N)COc2ccc(O)cc2)c1. The number of phenols is 1. The predicted molar refractivity (Wildman–Crippen MR) is 71.7 cm³/mol. The Hall–Kier alpha value is -2.00. The van der Waals surface area contributed by atoms with Crippen LogP contribution in [-0.4, -0.2) is 11.7 Å². The van der Waals surface area contributed by atoms with Crippen LogP contribution in [0, 0.1) is 6.92 Å². The molecule has 0 aliphatic rings. The van der Waals surface area contributed by atoms with Gasteiger partial charge in [-0.2, -0.15) is 0 Å². The number of rotatable bonds is 4. The van der Waals surface area contributed by atoms with Crippen molar-refractivity contribution in [1.82, 2.24) is 0 Å². The van der Waals surface area contributed by atoms with E-state index in [1.165, 1.54) is 5.56 Å². The fraction of sp³-hybridized carbons (Fsp3) is 0.200. The van der Waals surface area contributed by atoms with Crippen molar-refractivity contribution in [3.8, 4) is 11.5 Å². The van der Waals surface area contributed by atoms with E-state index >= 15 is 0 Å². The van der Waals surface area contributed by atoms with Gasteiger partial charge in [0.2, 0.25) is 0 Å². The molecule has 94 valence electrons. The van der Waals surface area contributed by atoms with Crippen LogP contribution in [0.15, 0.2) is 48.5 Å². The standard InChI is InChI=1S/C15H17NO2/c1-11-3-2-4-12(9-11)15(16)10-18-14-7-5-13(17)6-8-14/h2-9,15,17H,10,16H2,1H3. The van der Waals surface area contributed by atoms with Gasteiger partial charge in [0.05, 0.1) is 6.04 Å². The van der Waals surface area contributed by atoms with Crippen molar-refractivity contribution in [2.45, 2.75) is 13.0 Å². The normalized spacial score (nSPS) is 12.1. The largest absolute Gasteiger partial charge is 0.508 e. The first kappa shape index (κ1) is 12.5. The maximum atomic E-state index is 9.16. The van der Waals surface area contributed by atoms with Crippen LogP contribution in [-0.2, 0) is 0 Å². The van der Waals surface area contributed by atoms with Crippen molar-refractivity contribution in [3.05, 3.63) is 59.7 Å². The zero-order valence-electron chi connectivity index (χ0n) is 10.3. The molecular weight excluding hydrogens is 226 g/mol. The van der Waals surface area contributed by atoms with Crippen molar-refractivity contribution in [2.24, 2.45) is 5.73 Å². The zero-order valence-corrected chi connectivity index (χ0v) is 10.3. The van der Waals surface area contributed by atoms with Crippen LogP contribution < -0.4 is 10.5 Å². The van der Waals surface area contributed by atoms with Crippen LogP contribution >= 0.6 is 0 Å². The maximum Gasteiger partial charge on any atom is 0.119 e. The van der Waals surface area contributed by atoms with E-state index in [-0.39, 0.29) is 11.8 Å². The second-order valence-electron chi connectivity index (χ2n) is 4.33. The number of hydrogen-bond donors (Lipinski definition) is 2. The van der Waals surface area contributed by atoms with E-state index in [1.807, 2.05) is 25.1 Å². The Labute approximate surface area is 107 Å². The third kappa shape index (κ3) is 3.25. The molecule has 0 spiro atoms. The highest BCUT2D eigenvalue weighted by atomic mass is 16.5. The van der Waals surface area contributed by atoms with E-state index in [1.54, 1.807) is 24.3 Å². The molecule has 0 amide bonds. The van der Waals surface area contributed by atoms with Crippen molar-refractivity contribution in [3.63, 3.8) is 0 Å². The monoisotopic (exact) mass is 243 g/mol. The summed E-state index contributed by atoms with van der Waals surface area (Å²) in [4.78, 5) is 0. The third-order valence-corrected chi connectivity index (χ3v) is 2.74. The lowest BCUT2D eigenvalue weighted by Crippen LogP contribution is -2.19. The van der Waals surface area contributed by atoms with Crippen LogP contribution in [0.2, 0.25) is 0 Å². The Morgan fingerprint density at radius 2 is 1.89 bits per heavy atom. The predicted octanol–water partition coefficient (Wildman–Crippen LogP) is 2.78. The first-order chi connectivity index (χ1) is 8.65. The molecule has 0 aliphatic heterocycles. The fourth-order valence-corrected chi connectivity index (χ4v) is 1.73. The van der Waals surface area contributed by atoms with Crippen LogP contribution in [0.1, 0.15) is 17.2 Å². The van der Waals surface area contributed by atoms with Gasteiger partial charge in [0.15, 0.2) is 0 Å². The number of aromatic hydroxyl groups is 1. The highest BCUT2D eigenvalue weighted by Crippen LogP contribution is 2.18. The molecule has 0 fully saturated rings. The highest BCUT2D eigenvalue weighted by Gasteiger charge is 2.06. The summed E-state index contributed by atoms with van der Waals surface area (Å²) < 4.78 is 5.58. The van der Waals surface area contributed by atoms with Crippen LogP contribution in [0.5, 0.6) is 11.5 Å². The van der Waals surface area contributed by atoms with Gasteiger partial charge in [-0.1, -0.05) is 29.8 Å². The molecule has 0 saturated carbocycles. The quantitative estimate of drug-likeness (QED) is 0.868. The summed E-state index contributed by atoms with van der Waals surface area (Å²) in [6.45, 7) is 2.45. The smallest absolute Gasteiger partial charge is 0.119 e. The topological polar surface area (TPSA) is 55.5 Å². The van der Waals surface area contributed by atoms with Crippen LogP contribution in [0.25, 0.3) is 0 Å². The molecule has 3 nitrogen and oxygen atoms in total. The first-order valence-electron chi connectivity index (χ1n) is 5.89. The summed E-state index contributed by atoms with van der Waals surface area (Å²) >= 11 is 0. The Morgan fingerprint density at radius 1 is 1.17 bits per heavy atom. The van der Waals surface area contributed by atoms with Crippen molar-refractivity contribution in [1.29, 1.82) is 0 Å². The molecule has 0 aliphatic carbocycles. The van der Waals surface area contributed by atoms with E-state index in [9.17, 15) is 0 Å². The first-order valence-corrected chi connectivity index (χ1v) is 5.89. The Morgan fingerprint density at radius 3 is 2.56 bits per heavy atom. The summed E-state index contributed by atoms with van der Waals surface area (Å²) in [6, 6.07) is 14.6. The number of aryl methyl sites for hydroxylation is 1. The number of hydrogen-bond acceptors (Lipinski definition) is 3. The van der Waals surface area contributed by atoms with Crippen LogP contribution in [0.4, 0.5) is 0 Å². The lowest BCUT2D eigenvalue weighted by atomic mass is 10.1. The lowest BCUT2D eigenvalue weighted by molar-refractivity contribution is 0.290. The van der Waals surface area contributed by atoms with Gasteiger partial charge in [0.1, 0.15) is 18.1 Å². The number of nitrogens with two attached hydrogens (primary N) is 1. The van der Waals surface area contributed by atoms with Crippen molar-refractivity contribution in [2.75, 3.05) is 6.61 Å². The molecule has 1 atom stereocenters. The highest BCUT2D eigenvalue weighted by molar-refractivity contribution is 5.30. The van der Waals surface area contributed by atoms with E-state index in [2.05, 4.69) is 6.07 Å². The Kier molecular flexibility index (Phi) is 3.85. The molecule has 3 heteroatoms. The molecule has 0 bridgehead atoms. The Bertz CT molecular complexity index is 508. The van der Waals surface area contributed by atoms with E-state index in [0.717, 1.165) is 5.56 Å². The second kappa shape index (κ2) is 5.56. The van der Waals surface area contributed by atoms with Gasteiger partial charge >= 0.3 is 0 Å². The van der Waals surface area contributed by atoms with Crippen LogP contribution in [0.3, 0.4) is 0 Å². The fourth-order valence-electron chi connectivity index (χ4n) is 1.73. The molecule has 1 unspecified atom stereocenters. The van der Waals surface area contributed by atoms with Gasteiger partial charge in [-0.3, -0.25) is 0 Å². The molecular formula is C15H17NO2. The molecule has 0 aromatic heterocycles. The minimum absolute atomic E-state index is 0.154. The molecule has 0 radical (unpaired) electrons. The molecule has 18 heavy (non-hydrogen) atoms. The number of phenolic OH excluding ortho intramolecular Hbond substituents is 1. The zero-order chi connectivity index (χ0) is 13.0. The maximum absolute atomic E-state index is 9.16. The van der Waals surface area contributed by atoms with Crippen molar-refractivity contribution >= 4 is 0 Å². The molecule has 2 aromatic carbocycles. The summed E-state index contributed by atoms with van der Waals surface area (Å²) in [5.74, 6) is 0.932. The van der Waals surface area contributed by atoms with Gasteiger partial charge in [0, 0.05) is 0 Å². The number of benzene rings is 2. The van der Waals surface area contributed by atoms with E-state index in [4.69, 9.17) is 15.6 Å². The van der Waals surface area contributed by atoms with Gasteiger partial charge in [-0.05, 0) is 36.8 Å². The average Bonchev–Trinajstić information content (AvgIpc) is 2.38. The van der Waals surface area contributed by atoms with Gasteiger partial charge in [0.25, 0.3) is 0 Å². The summed E-state index contributed by atoms with van der Waals surface area (Å²) in [6.07, 6.45) is 0. The lowest BCUT2D eigenvalue weighted by Gasteiger charge is -2.14. The summed E-state index contributed by atoms with van der Waals surface area (Å²) in [5, 5.41) is 9.16. The van der Waals surface area contributed by atoms with Gasteiger partial charge in [-0.25, -0.2) is 0 Å². The van der Waals surface area contributed by atoms with E-state index < -0.39 is 0 Å². The van der Waals surface area contributed by atoms with Gasteiger partial charge in [-0.15, -0.1) is 0 Å². The average molecular weight is 243 g/mol. The summed E-state index contributed by atoms with van der Waals surface area (Å²) in [7, 11) is 0. The van der Waals surface area contributed by atoms with Gasteiger partial charge < -0.3 is 15.6 Å².